The Bertz CT molecular complexity index is 1110. The van der Waals surface area contributed by atoms with Crippen LogP contribution in [0.3, 0.4) is 0 Å². The van der Waals surface area contributed by atoms with Crippen molar-refractivity contribution in [2.75, 3.05) is 0 Å². The first-order chi connectivity index (χ1) is 11.4. The van der Waals surface area contributed by atoms with Gasteiger partial charge in [-0.3, -0.25) is 0 Å². The Balaban J connectivity index is 2.30. The van der Waals surface area contributed by atoms with Gasteiger partial charge in [-0.25, -0.2) is 9.13 Å². The van der Waals surface area contributed by atoms with Crippen molar-refractivity contribution in [3.63, 3.8) is 0 Å². The van der Waals surface area contributed by atoms with Gasteiger partial charge < -0.3 is 0 Å². The van der Waals surface area contributed by atoms with Crippen LogP contribution in [0.2, 0.25) is 0 Å². The zero-order valence-corrected chi connectivity index (χ0v) is 15.2. The fourth-order valence-electron chi connectivity index (χ4n) is 3.68. The first kappa shape index (κ1) is 14.9. The van der Waals surface area contributed by atoms with Crippen LogP contribution in [0.25, 0.3) is 27.8 Å². The minimum atomic E-state index is 1.000. The van der Waals surface area contributed by atoms with Crippen molar-refractivity contribution in [3.05, 3.63) is 52.8 Å². The van der Waals surface area contributed by atoms with Gasteiger partial charge >= 0.3 is 5.95 Å². The zero-order chi connectivity index (χ0) is 17.2. The van der Waals surface area contributed by atoms with E-state index >= 15 is 0 Å². The van der Waals surface area contributed by atoms with E-state index < -0.39 is 0 Å². The molecule has 0 N–H and O–H groups in total. The Morgan fingerprint density at radius 1 is 0.958 bits per heavy atom. The lowest BCUT2D eigenvalue weighted by atomic mass is 10.0. The molecule has 0 saturated heterocycles. The fraction of sp³-hybridized carbons (Fsp3) is 0.300. The average Bonchev–Trinajstić information content (AvgIpc) is 2.97. The lowest BCUT2D eigenvalue weighted by Crippen LogP contribution is -2.35. The van der Waals surface area contributed by atoms with E-state index in [0.29, 0.717) is 0 Å². The fourth-order valence-corrected chi connectivity index (χ4v) is 3.68. The Labute approximate surface area is 141 Å². The lowest BCUT2D eigenvalue weighted by Gasteiger charge is -2.06. The van der Waals surface area contributed by atoms with Crippen LogP contribution in [-0.4, -0.2) is 14.3 Å². The number of fused-ring (bicyclic) bond motifs is 3. The molecule has 4 aromatic rings. The van der Waals surface area contributed by atoms with Crippen molar-refractivity contribution in [3.8, 4) is 5.95 Å². The van der Waals surface area contributed by atoms with E-state index in [1.165, 1.54) is 38.5 Å². The summed E-state index contributed by atoms with van der Waals surface area (Å²) in [6, 6.07) is 11.2. The summed E-state index contributed by atoms with van der Waals surface area (Å²) in [6.45, 7) is 8.58. The largest absolute Gasteiger partial charge is 0.356 e. The van der Waals surface area contributed by atoms with Crippen LogP contribution < -0.4 is 4.57 Å². The van der Waals surface area contributed by atoms with Gasteiger partial charge in [0.25, 0.3) is 0 Å². The number of benzene rings is 2. The molecule has 2 aromatic heterocycles. The summed E-state index contributed by atoms with van der Waals surface area (Å²) in [5, 5.41) is 7.21. The third kappa shape index (κ3) is 1.86. The van der Waals surface area contributed by atoms with Gasteiger partial charge in [-0.15, -0.1) is 4.68 Å². The first-order valence-corrected chi connectivity index (χ1v) is 8.31. The second-order valence-electron chi connectivity index (χ2n) is 6.79. The molecule has 0 spiro atoms. The molecule has 4 rings (SSSR count). The molecule has 4 heteroatoms. The number of nitrogens with zero attached hydrogens (tertiary/aromatic N) is 4. The molecule has 0 fully saturated rings. The van der Waals surface area contributed by atoms with Crippen LogP contribution >= 0.6 is 0 Å². The highest BCUT2D eigenvalue weighted by Crippen LogP contribution is 2.34. The third-order valence-electron chi connectivity index (χ3n) is 5.18. The molecule has 0 radical (unpaired) electrons. The summed E-state index contributed by atoms with van der Waals surface area (Å²) in [5.41, 5.74) is 6.41. The van der Waals surface area contributed by atoms with Crippen molar-refractivity contribution < 1.29 is 4.57 Å². The van der Waals surface area contributed by atoms with Crippen molar-refractivity contribution in [1.82, 2.24) is 14.3 Å². The van der Waals surface area contributed by atoms with E-state index in [9.17, 15) is 0 Å². The number of hydrogen-bond acceptors (Lipinski definition) is 1. The maximum Gasteiger partial charge on any atom is 0.356 e. The van der Waals surface area contributed by atoms with Gasteiger partial charge in [0.2, 0.25) is 5.82 Å². The smallest absolute Gasteiger partial charge is 0.227 e. The molecule has 0 unspecified atom stereocenters. The molecule has 0 aliphatic carbocycles. The first-order valence-electron chi connectivity index (χ1n) is 8.31. The highest BCUT2D eigenvalue weighted by molar-refractivity contribution is 6.10. The summed E-state index contributed by atoms with van der Waals surface area (Å²) in [7, 11) is 4.09. The SMILES string of the molecule is Cc1ccc2c(c1)c1ccc(C)c(C)c1n2-c1n(C)nc(C)[n+]1C. The Kier molecular flexibility index (Phi) is 3.07. The second-order valence-corrected chi connectivity index (χ2v) is 6.79. The number of aryl methyl sites for hydroxylation is 5. The van der Waals surface area contributed by atoms with Gasteiger partial charge in [-0.05, 0) is 49.1 Å². The molecule has 0 atom stereocenters. The summed E-state index contributed by atoms with van der Waals surface area (Å²) < 4.78 is 6.47. The molecule has 0 bridgehead atoms. The highest BCUT2D eigenvalue weighted by Gasteiger charge is 2.25. The summed E-state index contributed by atoms with van der Waals surface area (Å²) in [5.74, 6) is 2.07. The molecular weight excluding hydrogens is 296 g/mol. The van der Waals surface area contributed by atoms with Gasteiger partial charge in [-0.2, -0.15) is 0 Å². The predicted octanol–water partition coefficient (Wildman–Crippen LogP) is 3.58. The van der Waals surface area contributed by atoms with E-state index in [1.807, 2.05) is 18.7 Å². The third-order valence-corrected chi connectivity index (χ3v) is 5.18. The Morgan fingerprint density at radius 2 is 1.71 bits per heavy atom. The van der Waals surface area contributed by atoms with E-state index in [1.54, 1.807) is 0 Å². The standard InChI is InChI=1S/C20H23N4/c1-12-7-10-18-17(11-12)16-9-8-13(2)14(3)19(16)24(18)20-22(5)15(4)21-23(20)6/h7-11H,1-6H3/q+1. The van der Waals surface area contributed by atoms with Crippen LogP contribution in [0, 0.1) is 27.7 Å². The van der Waals surface area contributed by atoms with Crippen molar-refractivity contribution >= 4 is 21.8 Å². The minimum absolute atomic E-state index is 1.000. The minimum Gasteiger partial charge on any atom is -0.227 e. The molecule has 0 saturated carbocycles. The summed E-state index contributed by atoms with van der Waals surface area (Å²) in [4.78, 5) is 0. The zero-order valence-electron chi connectivity index (χ0n) is 15.2. The van der Waals surface area contributed by atoms with Crippen LogP contribution in [0.5, 0.6) is 0 Å². The predicted molar refractivity (Wildman–Crippen MR) is 97.7 cm³/mol. The van der Waals surface area contributed by atoms with Crippen LogP contribution in [0.15, 0.2) is 30.3 Å². The van der Waals surface area contributed by atoms with E-state index in [4.69, 9.17) is 0 Å². The Morgan fingerprint density at radius 3 is 2.38 bits per heavy atom. The molecule has 122 valence electrons. The lowest BCUT2D eigenvalue weighted by molar-refractivity contribution is -0.672. The Hall–Kier alpha value is -2.62. The monoisotopic (exact) mass is 319 g/mol. The van der Waals surface area contributed by atoms with Gasteiger partial charge in [0.1, 0.15) is 11.0 Å². The molecule has 0 amide bonds. The van der Waals surface area contributed by atoms with Crippen molar-refractivity contribution in [1.29, 1.82) is 0 Å². The maximum atomic E-state index is 4.61. The van der Waals surface area contributed by atoms with Gasteiger partial charge in [-0.1, -0.05) is 23.8 Å². The van der Waals surface area contributed by atoms with Crippen LogP contribution in [0.4, 0.5) is 0 Å². The number of rotatable bonds is 1. The van der Waals surface area contributed by atoms with E-state index in [0.717, 1.165) is 11.8 Å². The van der Waals surface area contributed by atoms with Crippen LogP contribution in [0.1, 0.15) is 22.5 Å². The van der Waals surface area contributed by atoms with E-state index in [2.05, 4.69) is 72.4 Å². The molecular formula is C20H23N4+. The summed E-state index contributed by atoms with van der Waals surface area (Å²) >= 11 is 0. The normalized spacial score (nSPS) is 11.8. The van der Waals surface area contributed by atoms with Gasteiger partial charge in [0, 0.05) is 17.7 Å². The molecule has 0 aliphatic heterocycles. The number of aromatic nitrogens is 4. The van der Waals surface area contributed by atoms with Crippen molar-refractivity contribution in [2.45, 2.75) is 27.7 Å². The van der Waals surface area contributed by atoms with Gasteiger partial charge in [0.15, 0.2) is 0 Å². The van der Waals surface area contributed by atoms with E-state index in [-0.39, 0.29) is 0 Å². The molecule has 2 aromatic carbocycles. The second kappa shape index (κ2) is 4.94. The maximum absolute atomic E-state index is 4.61. The molecule has 0 aliphatic rings. The topological polar surface area (TPSA) is 26.6 Å². The average molecular weight is 319 g/mol. The van der Waals surface area contributed by atoms with Gasteiger partial charge in [0.05, 0.1) is 14.1 Å². The highest BCUT2D eigenvalue weighted by atomic mass is 15.4. The summed E-state index contributed by atoms with van der Waals surface area (Å²) in [6.07, 6.45) is 0. The molecule has 24 heavy (non-hydrogen) atoms. The quantitative estimate of drug-likeness (QED) is 0.493. The van der Waals surface area contributed by atoms with Crippen molar-refractivity contribution in [2.24, 2.45) is 14.1 Å². The molecule has 2 heterocycles. The molecule has 4 nitrogen and oxygen atoms in total. The van der Waals surface area contributed by atoms with Crippen LogP contribution in [-0.2, 0) is 14.1 Å². The number of hydrogen-bond donors (Lipinski definition) is 0.